The summed E-state index contributed by atoms with van der Waals surface area (Å²) in [6, 6.07) is 0. The molecule has 0 aromatic carbocycles. The molecule has 5 nitrogen and oxygen atoms in total. The van der Waals surface area contributed by atoms with Crippen LogP contribution in [0.3, 0.4) is 0 Å². The maximum Gasteiger partial charge on any atom is 0.344 e. The van der Waals surface area contributed by atoms with Gasteiger partial charge in [0.1, 0.15) is 6.10 Å². The summed E-state index contributed by atoms with van der Waals surface area (Å²) >= 11 is 0. The Morgan fingerprint density at radius 2 is 1.64 bits per heavy atom. The van der Waals surface area contributed by atoms with Crippen molar-refractivity contribution in [2.75, 3.05) is 13.7 Å². The van der Waals surface area contributed by atoms with Crippen molar-refractivity contribution < 1.29 is 23.8 Å². The van der Waals surface area contributed by atoms with Crippen molar-refractivity contribution in [2.45, 2.75) is 73.5 Å². The highest BCUT2D eigenvalue weighted by Crippen LogP contribution is 2.59. The van der Waals surface area contributed by atoms with E-state index in [1.165, 1.54) is 0 Å². The van der Waals surface area contributed by atoms with Crippen LogP contribution in [0.15, 0.2) is 0 Å². The highest BCUT2D eigenvalue weighted by Gasteiger charge is 2.62. The SMILES string of the molecule is CCC(OC(=O)COC(=O)C(C)C)[C@]1(C)C(C)C(C)C(C)(OC)C1C. The number of carbonyl (C=O) groups excluding carboxylic acids is 2. The van der Waals surface area contributed by atoms with Crippen molar-refractivity contribution in [3.8, 4) is 0 Å². The van der Waals surface area contributed by atoms with Gasteiger partial charge in [0.15, 0.2) is 6.61 Å². The Morgan fingerprint density at radius 1 is 1.08 bits per heavy atom. The van der Waals surface area contributed by atoms with Gasteiger partial charge in [-0.05, 0) is 31.1 Å². The van der Waals surface area contributed by atoms with Crippen LogP contribution in [0.4, 0.5) is 0 Å². The van der Waals surface area contributed by atoms with Gasteiger partial charge in [-0.15, -0.1) is 0 Å². The molecule has 5 unspecified atom stereocenters. The Balaban J connectivity index is 2.91. The molecular formula is C20H36O5. The maximum absolute atomic E-state index is 12.2. The fourth-order valence-electron chi connectivity index (χ4n) is 4.52. The lowest BCUT2D eigenvalue weighted by atomic mass is 9.68. The highest BCUT2D eigenvalue weighted by atomic mass is 16.6. The number of methoxy groups -OCH3 is 1. The first-order valence-electron chi connectivity index (χ1n) is 9.37. The van der Waals surface area contributed by atoms with Gasteiger partial charge in [-0.2, -0.15) is 0 Å². The molecule has 0 aliphatic heterocycles. The van der Waals surface area contributed by atoms with Crippen LogP contribution in [0.2, 0.25) is 0 Å². The van der Waals surface area contributed by atoms with E-state index < -0.39 is 5.97 Å². The van der Waals surface area contributed by atoms with Gasteiger partial charge in [0.05, 0.1) is 11.5 Å². The molecule has 0 N–H and O–H groups in total. The first-order valence-corrected chi connectivity index (χ1v) is 9.37. The van der Waals surface area contributed by atoms with Crippen molar-refractivity contribution in [1.29, 1.82) is 0 Å². The molecule has 146 valence electrons. The predicted octanol–water partition coefficient (Wildman–Crippen LogP) is 3.84. The lowest BCUT2D eigenvalue weighted by Crippen LogP contribution is -2.46. The minimum atomic E-state index is -0.486. The second-order valence-corrected chi connectivity index (χ2v) is 8.20. The van der Waals surface area contributed by atoms with E-state index in [4.69, 9.17) is 14.2 Å². The van der Waals surface area contributed by atoms with Crippen LogP contribution in [0, 0.1) is 29.1 Å². The van der Waals surface area contributed by atoms with Crippen LogP contribution in [0.1, 0.15) is 61.8 Å². The minimum absolute atomic E-state index is 0.212. The fraction of sp³-hybridized carbons (Fsp3) is 0.900. The molecular weight excluding hydrogens is 320 g/mol. The quantitative estimate of drug-likeness (QED) is 0.649. The molecule has 0 saturated heterocycles. The summed E-state index contributed by atoms with van der Waals surface area (Å²) in [6.07, 6.45) is 0.462. The second-order valence-electron chi connectivity index (χ2n) is 8.20. The Bertz CT molecular complexity index is 488. The summed E-state index contributed by atoms with van der Waals surface area (Å²) < 4.78 is 16.7. The largest absolute Gasteiger partial charge is 0.459 e. The monoisotopic (exact) mass is 356 g/mol. The standard InChI is InChI=1S/C20H36O5/c1-10-16(25-17(21)11-24-18(22)12(2)3)19(7)13(4)14(5)20(8,23-9)15(19)6/h12-16H,10-11H2,1-9H3/t13?,14?,15?,16?,19-,20?/m1/s1. The van der Waals surface area contributed by atoms with Gasteiger partial charge in [0.2, 0.25) is 0 Å². The van der Waals surface area contributed by atoms with Gasteiger partial charge >= 0.3 is 11.9 Å². The number of hydrogen-bond acceptors (Lipinski definition) is 5. The van der Waals surface area contributed by atoms with E-state index in [2.05, 4.69) is 34.6 Å². The molecule has 5 heteroatoms. The lowest BCUT2D eigenvalue weighted by molar-refractivity contribution is -0.172. The van der Waals surface area contributed by atoms with Crippen molar-refractivity contribution in [3.05, 3.63) is 0 Å². The smallest absolute Gasteiger partial charge is 0.344 e. The number of esters is 2. The lowest BCUT2D eigenvalue weighted by Gasteiger charge is -2.42. The third-order valence-corrected chi connectivity index (χ3v) is 7.01. The Labute approximate surface area is 152 Å². The van der Waals surface area contributed by atoms with E-state index in [0.29, 0.717) is 18.3 Å². The van der Waals surface area contributed by atoms with Crippen LogP contribution < -0.4 is 0 Å². The van der Waals surface area contributed by atoms with Crippen LogP contribution in [0.5, 0.6) is 0 Å². The number of hydrogen-bond donors (Lipinski definition) is 0. The van der Waals surface area contributed by atoms with Crippen LogP contribution in [-0.4, -0.2) is 37.4 Å². The summed E-state index contributed by atoms with van der Waals surface area (Å²) in [6.45, 7) is 16.1. The molecule has 0 aromatic rings. The fourth-order valence-corrected chi connectivity index (χ4v) is 4.52. The zero-order chi connectivity index (χ0) is 19.6. The molecule has 1 fully saturated rings. The van der Waals surface area contributed by atoms with Gasteiger partial charge in [0.25, 0.3) is 0 Å². The molecule has 0 bridgehead atoms. The van der Waals surface area contributed by atoms with Crippen molar-refractivity contribution in [2.24, 2.45) is 29.1 Å². The van der Waals surface area contributed by atoms with Gasteiger partial charge in [-0.3, -0.25) is 4.79 Å². The van der Waals surface area contributed by atoms with Crippen molar-refractivity contribution in [1.82, 2.24) is 0 Å². The summed E-state index contributed by atoms with van der Waals surface area (Å²) in [5.41, 5.74) is -0.477. The zero-order valence-corrected chi connectivity index (χ0v) is 17.3. The molecule has 0 amide bonds. The third-order valence-electron chi connectivity index (χ3n) is 7.01. The molecule has 0 spiro atoms. The van der Waals surface area contributed by atoms with Gasteiger partial charge in [-0.1, -0.05) is 48.5 Å². The van der Waals surface area contributed by atoms with Crippen LogP contribution in [0.25, 0.3) is 0 Å². The average molecular weight is 357 g/mol. The molecule has 0 aromatic heterocycles. The molecule has 6 atom stereocenters. The average Bonchev–Trinajstić information content (AvgIpc) is 2.71. The zero-order valence-electron chi connectivity index (χ0n) is 17.3. The van der Waals surface area contributed by atoms with E-state index in [0.717, 1.165) is 0 Å². The Hall–Kier alpha value is -1.10. The van der Waals surface area contributed by atoms with Crippen LogP contribution >= 0.6 is 0 Å². The normalized spacial score (nSPS) is 36.3. The molecule has 0 heterocycles. The van der Waals surface area contributed by atoms with Gasteiger partial charge in [0, 0.05) is 12.5 Å². The summed E-state index contributed by atoms with van der Waals surface area (Å²) in [4.78, 5) is 23.8. The number of carbonyl (C=O) groups is 2. The first kappa shape index (κ1) is 21.9. The van der Waals surface area contributed by atoms with E-state index in [9.17, 15) is 9.59 Å². The summed E-state index contributed by atoms with van der Waals surface area (Å²) in [7, 11) is 1.75. The second kappa shape index (κ2) is 8.07. The topological polar surface area (TPSA) is 61.8 Å². The Kier molecular flexibility index (Phi) is 7.08. The molecule has 1 saturated carbocycles. The number of rotatable bonds is 7. The van der Waals surface area contributed by atoms with Crippen molar-refractivity contribution >= 4 is 11.9 Å². The third kappa shape index (κ3) is 3.86. The van der Waals surface area contributed by atoms with E-state index >= 15 is 0 Å². The molecule has 1 aliphatic carbocycles. The molecule has 1 rings (SSSR count). The maximum atomic E-state index is 12.2. The highest BCUT2D eigenvalue weighted by molar-refractivity contribution is 5.77. The van der Waals surface area contributed by atoms with Crippen molar-refractivity contribution in [3.63, 3.8) is 0 Å². The molecule has 1 aliphatic rings. The summed E-state index contributed by atoms with van der Waals surface area (Å²) in [5.74, 6) is -0.261. The number of ether oxygens (including phenoxy) is 3. The van der Waals surface area contributed by atoms with Gasteiger partial charge < -0.3 is 14.2 Å². The van der Waals surface area contributed by atoms with E-state index in [1.54, 1.807) is 21.0 Å². The summed E-state index contributed by atoms with van der Waals surface area (Å²) in [5, 5.41) is 0. The molecule has 0 radical (unpaired) electrons. The minimum Gasteiger partial charge on any atom is -0.459 e. The molecule has 25 heavy (non-hydrogen) atoms. The van der Waals surface area contributed by atoms with Crippen LogP contribution in [-0.2, 0) is 23.8 Å². The van der Waals surface area contributed by atoms with Gasteiger partial charge in [-0.25, -0.2) is 4.79 Å². The predicted molar refractivity (Wildman–Crippen MR) is 97.0 cm³/mol. The first-order chi connectivity index (χ1) is 11.5. The van der Waals surface area contributed by atoms with E-state index in [-0.39, 0.29) is 41.5 Å². The van der Waals surface area contributed by atoms with E-state index in [1.807, 2.05) is 6.92 Å². The Morgan fingerprint density at radius 3 is 2.04 bits per heavy atom.